The highest BCUT2D eigenvalue weighted by molar-refractivity contribution is 8.01. The molecular weight excluding hydrogens is 338 g/mol. The molecule has 4 nitrogen and oxygen atoms in total. The number of aryl methyl sites for hydroxylation is 2. The molecule has 1 atom stereocenters. The molecule has 0 fully saturated rings. The molecule has 1 N–H and O–H groups in total. The molecule has 3 aromatic rings. The second kappa shape index (κ2) is 7.59. The summed E-state index contributed by atoms with van der Waals surface area (Å²) in [6, 6.07) is 15.8. The SMILES string of the molecule is Cc1cc(C)cc(NC(=O)[C@H](Sc2nncs2)c2ccccc2)c1. The summed E-state index contributed by atoms with van der Waals surface area (Å²) in [6.45, 7) is 4.04. The first-order valence-electron chi connectivity index (χ1n) is 7.49. The van der Waals surface area contributed by atoms with Crippen LogP contribution in [0.2, 0.25) is 0 Å². The molecule has 0 bridgehead atoms. The molecular formula is C18H17N3OS2. The van der Waals surface area contributed by atoms with E-state index in [1.807, 2.05) is 56.3 Å². The van der Waals surface area contributed by atoms with Gasteiger partial charge in [-0.1, -0.05) is 59.5 Å². The minimum absolute atomic E-state index is 0.0635. The number of rotatable bonds is 5. The Morgan fingerprint density at radius 2 is 1.83 bits per heavy atom. The normalized spacial score (nSPS) is 11.9. The molecule has 0 radical (unpaired) electrons. The number of hydrogen-bond donors (Lipinski definition) is 1. The molecule has 0 aliphatic carbocycles. The number of carbonyl (C=O) groups excluding carboxylic acids is 1. The average molecular weight is 355 g/mol. The van der Waals surface area contributed by atoms with Crippen molar-refractivity contribution in [2.75, 3.05) is 5.32 Å². The van der Waals surface area contributed by atoms with E-state index in [2.05, 4.69) is 21.6 Å². The molecule has 122 valence electrons. The molecule has 0 spiro atoms. The van der Waals surface area contributed by atoms with E-state index in [1.165, 1.54) is 23.1 Å². The Morgan fingerprint density at radius 1 is 1.12 bits per heavy atom. The van der Waals surface area contributed by atoms with E-state index < -0.39 is 0 Å². The molecule has 0 unspecified atom stereocenters. The number of nitrogens with zero attached hydrogens (tertiary/aromatic N) is 2. The minimum atomic E-state index is -0.375. The van der Waals surface area contributed by atoms with Crippen molar-refractivity contribution in [3.05, 3.63) is 70.7 Å². The summed E-state index contributed by atoms with van der Waals surface area (Å²) in [6.07, 6.45) is 0. The van der Waals surface area contributed by atoms with Gasteiger partial charge < -0.3 is 5.32 Å². The predicted octanol–water partition coefficient (Wildman–Crippen LogP) is 4.63. The monoisotopic (exact) mass is 355 g/mol. The highest BCUT2D eigenvalue weighted by Gasteiger charge is 2.23. The molecule has 1 amide bonds. The molecule has 0 aliphatic rings. The zero-order valence-electron chi connectivity index (χ0n) is 13.4. The van der Waals surface area contributed by atoms with Gasteiger partial charge in [0.15, 0.2) is 4.34 Å². The van der Waals surface area contributed by atoms with Gasteiger partial charge >= 0.3 is 0 Å². The van der Waals surface area contributed by atoms with Crippen LogP contribution in [0.3, 0.4) is 0 Å². The van der Waals surface area contributed by atoms with Gasteiger partial charge in [0.05, 0.1) is 0 Å². The maximum absolute atomic E-state index is 12.9. The van der Waals surface area contributed by atoms with Crippen molar-refractivity contribution in [3.8, 4) is 0 Å². The fourth-order valence-electron chi connectivity index (χ4n) is 2.47. The Hall–Kier alpha value is -2.18. The Balaban J connectivity index is 1.85. The third-order valence-corrected chi connectivity index (χ3v) is 5.45. The maximum Gasteiger partial charge on any atom is 0.242 e. The van der Waals surface area contributed by atoms with Crippen LogP contribution >= 0.6 is 23.1 Å². The van der Waals surface area contributed by atoms with E-state index in [0.717, 1.165) is 26.7 Å². The van der Waals surface area contributed by atoms with Crippen LogP contribution < -0.4 is 5.32 Å². The van der Waals surface area contributed by atoms with Crippen LogP contribution in [0.25, 0.3) is 0 Å². The highest BCUT2D eigenvalue weighted by Crippen LogP contribution is 2.36. The molecule has 0 saturated heterocycles. The zero-order valence-corrected chi connectivity index (χ0v) is 15.0. The maximum atomic E-state index is 12.9. The summed E-state index contributed by atoms with van der Waals surface area (Å²) in [7, 11) is 0. The van der Waals surface area contributed by atoms with E-state index in [1.54, 1.807) is 5.51 Å². The standard InChI is InChI=1S/C18H17N3OS2/c1-12-8-13(2)10-15(9-12)20-17(22)16(14-6-4-3-5-7-14)24-18-21-19-11-23-18/h3-11,16H,1-2H3,(H,20,22)/t16-/m1/s1. The average Bonchev–Trinajstić information content (AvgIpc) is 3.05. The van der Waals surface area contributed by atoms with E-state index in [-0.39, 0.29) is 11.2 Å². The molecule has 2 aromatic carbocycles. The smallest absolute Gasteiger partial charge is 0.242 e. The van der Waals surface area contributed by atoms with Gasteiger partial charge in [-0.2, -0.15) is 0 Å². The molecule has 6 heteroatoms. The number of carbonyl (C=O) groups is 1. The predicted molar refractivity (Wildman–Crippen MR) is 99.5 cm³/mol. The first kappa shape index (κ1) is 16.7. The van der Waals surface area contributed by atoms with Crippen molar-refractivity contribution >= 4 is 34.7 Å². The van der Waals surface area contributed by atoms with Gasteiger partial charge in [-0.15, -0.1) is 10.2 Å². The summed E-state index contributed by atoms with van der Waals surface area (Å²) >= 11 is 2.85. The lowest BCUT2D eigenvalue weighted by Gasteiger charge is -2.16. The Morgan fingerprint density at radius 3 is 2.46 bits per heavy atom. The lowest BCUT2D eigenvalue weighted by Crippen LogP contribution is -2.19. The second-order valence-electron chi connectivity index (χ2n) is 5.48. The largest absolute Gasteiger partial charge is 0.325 e. The number of nitrogens with one attached hydrogen (secondary N) is 1. The topological polar surface area (TPSA) is 54.9 Å². The number of benzene rings is 2. The summed E-state index contributed by atoms with van der Waals surface area (Å²) in [5.74, 6) is -0.0635. The molecule has 0 aliphatic heterocycles. The van der Waals surface area contributed by atoms with E-state index in [4.69, 9.17) is 0 Å². The van der Waals surface area contributed by atoms with Crippen molar-refractivity contribution < 1.29 is 4.79 Å². The van der Waals surface area contributed by atoms with Crippen LogP contribution in [-0.2, 0) is 4.79 Å². The van der Waals surface area contributed by atoms with Gasteiger partial charge in [0.1, 0.15) is 10.8 Å². The quantitative estimate of drug-likeness (QED) is 0.678. The van der Waals surface area contributed by atoms with Crippen LogP contribution in [0, 0.1) is 13.8 Å². The van der Waals surface area contributed by atoms with E-state index in [0.29, 0.717) is 0 Å². The Kier molecular flexibility index (Phi) is 5.27. The minimum Gasteiger partial charge on any atom is -0.325 e. The number of thioether (sulfide) groups is 1. The van der Waals surface area contributed by atoms with Crippen LogP contribution in [0.15, 0.2) is 58.4 Å². The fourth-order valence-corrected chi connectivity index (χ4v) is 4.14. The number of aromatic nitrogens is 2. The van der Waals surface area contributed by atoms with E-state index >= 15 is 0 Å². The van der Waals surface area contributed by atoms with Crippen LogP contribution in [0.5, 0.6) is 0 Å². The van der Waals surface area contributed by atoms with Crippen LogP contribution in [0.1, 0.15) is 21.9 Å². The van der Waals surface area contributed by atoms with Gasteiger partial charge in [0.25, 0.3) is 0 Å². The number of anilines is 1. The fraction of sp³-hybridized carbons (Fsp3) is 0.167. The van der Waals surface area contributed by atoms with Crippen molar-refractivity contribution in [2.24, 2.45) is 0 Å². The van der Waals surface area contributed by atoms with Crippen molar-refractivity contribution in [2.45, 2.75) is 23.4 Å². The second-order valence-corrected chi connectivity index (χ2v) is 7.66. The first-order chi connectivity index (χ1) is 11.6. The molecule has 1 heterocycles. The van der Waals surface area contributed by atoms with E-state index in [9.17, 15) is 4.79 Å². The lowest BCUT2D eigenvalue weighted by atomic mass is 10.1. The van der Waals surface area contributed by atoms with Gasteiger partial charge in [-0.3, -0.25) is 4.79 Å². The number of hydrogen-bond acceptors (Lipinski definition) is 5. The number of amides is 1. The summed E-state index contributed by atoms with van der Waals surface area (Å²) < 4.78 is 0.777. The van der Waals surface area contributed by atoms with Crippen molar-refractivity contribution in [1.29, 1.82) is 0 Å². The molecule has 24 heavy (non-hydrogen) atoms. The lowest BCUT2D eigenvalue weighted by molar-refractivity contribution is -0.115. The highest BCUT2D eigenvalue weighted by atomic mass is 32.2. The van der Waals surface area contributed by atoms with Gasteiger partial charge in [-0.05, 0) is 42.7 Å². The zero-order chi connectivity index (χ0) is 16.9. The van der Waals surface area contributed by atoms with Gasteiger partial charge in [0.2, 0.25) is 5.91 Å². The van der Waals surface area contributed by atoms with Gasteiger partial charge in [0, 0.05) is 5.69 Å². The third kappa shape index (κ3) is 4.21. The third-order valence-electron chi connectivity index (χ3n) is 3.39. The molecule has 1 aromatic heterocycles. The summed E-state index contributed by atoms with van der Waals surface area (Å²) in [4.78, 5) is 12.9. The summed E-state index contributed by atoms with van der Waals surface area (Å²) in [5, 5.41) is 10.6. The summed E-state index contributed by atoms with van der Waals surface area (Å²) in [5.41, 5.74) is 5.68. The van der Waals surface area contributed by atoms with Crippen LogP contribution in [-0.4, -0.2) is 16.1 Å². The van der Waals surface area contributed by atoms with Crippen LogP contribution in [0.4, 0.5) is 5.69 Å². The van der Waals surface area contributed by atoms with Gasteiger partial charge in [-0.25, -0.2) is 0 Å². The molecule has 0 saturated carbocycles. The van der Waals surface area contributed by atoms with Crippen molar-refractivity contribution in [1.82, 2.24) is 10.2 Å². The molecule has 3 rings (SSSR count). The Labute approximate surface area is 149 Å². The first-order valence-corrected chi connectivity index (χ1v) is 9.24. The van der Waals surface area contributed by atoms with Crippen molar-refractivity contribution in [3.63, 3.8) is 0 Å². The Bertz CT molecular complexity index is 799.